The topological polar surface area (TPSA) is 72.6 Å². The van der Waals surface area contributed by atoms with E-state index in [1.807, 2.05) is 6.92 Å². The van der Waals surface area contributed by atoms with E-state index in [9.17, 15) is 12.8 Å². The summed E-state index contributed by atoms with van der Waals surface area (Å²) in [6, 6.07) is 2.31. The zero-order valence-corrected chi connectivity index (χ0v) is 12.8. The Morgan fingerprint density at radius 3 is 2.55 bits per heavy atom. The van der Waals surface area contributed by atoms with Crippen LogP contribution in [0.1, 0.15) is 19.4 Å². The van der Waals surface area contributed by atoms with Gasteiger partial charge >= 0.3 is 0 Å². The Morgan fingerprint density at radius 2 is 2.00 bits per heavy atom. The van der Waals surface area contributed by atoms with Gasteiger partial charge in [0, 0.05) is 19.7 Å². The third kappa shape index (κ3) is 3.68. The number of halogens is 1. The fourth-order valence-corrected chi connectivity index (χ4v) is 3.52. The van der Waals surface area contributed by atoms with Crippen LogP contribution >= 0.6 is 0 Å². The SMILES string of the molecule is CCOCCN(CC)S(=O)(=O)c1cc(N)c(F)cc1C. The normalized spacial score (nSPS) is 12.1. The van der Waals surface area contributed by atoms with Crippen molar-refractivity contribution in [2.75, 3.05) is 32.0 Å². The largest absolute Gasteiger partial charge is 0.396 e. The molecule has 0 saturated carbocycles. The maximum Gasteiger partial charge on any atom is 0.243 e. The molecule has 0 aliphatic rings. The molecule has 0 unspecified atom stereocenters. The van der Waals surface area contributed by atoms with Crippen LogP contribution in [-0.2, 0) is 14.8 Å². The van der Waals surface area contributed by atoms with Gasteiger partial charge in [0.1, 0.15) is 5.82 Å². The Bertz CT molecular complexity index is 561. The summed E-state index contributed by atoms with van der Waals surface area (Å²) in [7, 11) is -3.69. The number of ether oxygens (including phenoxy) is 1. The number of hydrogen-bond donors (Lipinski definition) is 1. The number of benzene rings is 1. The third-order valence-corrected chi connectivity index (χ3v) is 5.07. The minimum Gasteiger partial charge on any atom is -0.396 e. The molecule has 0 amide bonds. The van der Waals surface area contributed by atoms with E-state index in [1.165, 1.54) is 10.4 Å². The van der Waals surface area contributed by atoms with Crippen LogP contribution in [0.25, 0.3) is 0 Å². The second kappa shape index (κ2) is 7.01. The fourth-order valence-electron chi connectivity index (χ4n) is 1.84. The molecule has 0 aliphatic carbocycles. The summed E-state index contributed by atoms with van der Waals surface area (Å²) in [6.45, 7) is 6.54. The van der Waals surface area contributed by atoms with Crippen molar-refractivity contribution in [3.8, 4) is 0 Å². The minimum absolute atomic E-state index is 0.0368. The Labute approximate surface area is 119 Å². The zero-order chi connectivity index (χ0) is 15.3. The van der Waals surface area contributed by atoms with Gasteiger partial charge in [0.25, 0.3) is 0 Å². The highest BCUT2D eigenvalue weighted by molar-refractivity contribution is 7.89. The number of rotatable bonds is 7. The van der Waals surface area contributed by atoms with Crippen molar-refractivity contribution in [1.82, 2.24) is 4.31 Å². The maximum absolute atomic E-state index is 13.3. The highest BCUT2D eigenvalue weighted by Crippen LogP contribution is 2.24. The Morgan fingerprint density at radius 1 is 1.35 bits per heavy atom. The Hall–Kier alpha value is -1.18. The van der Waals surface area contributed by atoms with E-state index in [4.69, 9.17) is 10.5 Å². The van der Waals surface area contributed by atoms with E-state index in [0.29, 0.717) is 25.3 Å². The molecule has 0 radical (unpaired) electrons. The average Bonchev–Trinajstić information content (AvgIpc) is 2.38. The van der Waals surface area contributed by atoms with Gasteiger partial charge in [-0.3, -0.25) is 0 Å². The molecule has 114 valence electrons. The molecule has 0 bridgehead atoms. The second-order valence-electron chi connectivity index (χ2n) is 4.33. The van der Waals surface area contributed by atoms with Gasteiger partial charge in [-0.05, 0) is 31.5 Å². The van der Waals surface area contributed by atoms with Gasteiger partial charge in [-0.25, -0.2) is 12.8 Å². The van der Waals surface area contributed by atoms with Crippen molar-refractivity contribution < 1.29 is 17.5 Å². The molecule has 2 N–H and O–H groups in total. The number of nitrogens with zero attached hydrogens (tertiary/aromatic N) is 1. The minimum atomic E-state index is -3.69. The molecule has 5 nitrogen and oxygen atoms in total. The van der Waals surface area contributed by atoms with Crippen LogP contribution in [0.5, 0.6) is 0 Å². The highest BCUT2D eigenvalue weighted by Gasteiger charge is 2.25. The van der Waals surface area contributed by atoms with Crippen molar-refractivity contribution in [1.29, 1.82) is 0 Å². The lowest BCUT2D eigenvalue weighted by Gasteiger charge is -2.21. The van der Waals surface area contributed by atoms with E-state index in [1.54, 1.807) is 13.8 Å². The highest BCUT2D eigenvalue weighted by atomic mass is 32.2. The van der Waals surface area contributed by atoms with Crippen LogP contribution < -0.4 is 5.73 Å². The molecule has 1 aromatic rings. The molecule has 0 heterocycles. The molecular weight excluding hydrogens is 283 g/mol. The standard InChI is InChI=1S/C13H21FN2O3S/c1-4-16(6-7-19-5-2)20(17,18)13-9-12(15)11(14)8-10(13)3/h8-9H,4-7,15H2,1-3H3. The summed E-state index contributed by atoms with van der Waals surface area (Å²) >= 11 is 0. The number of aryl methyl sites for hydroxylation is 1. The lowest BCUT2D eigenvalue weighted by molar-refractivity contribution is 0.135. The van der Waals surface area contributed by atoms with Gasteiger partial charge in [-0.1, -0.05) is 6.92 Å². The van der Waals surface area contributed by atoms with Gasteiger partial charge < -0.3 is 10.5 Å². The van der Waals surface area contributed by atoms with Crippen LogP contribution in [0, 0.1) is 12.7 Å². The molecule has 1 rings (SSSR count). The number of nitrogens with two attached hydrogens (primary N) is 1. The summed E-state index contributed by atoms with van der Waals surface area (Å²) in [6.07, 6.45) is 0. The number of likely N-dealkylation sites (N-methyl/N-ethyl adjacent to an activating group) is 1. The molecule has 0 spiro atoms. The van der Waals surface area contributed by atoms with Gasteiger partial charge in [0.2, 0.25) is 10.0 Å². The fraction of sp³-hybridized carbons (Fsp3) is 0.538. The lowest BCUT2D eigenvalue weighted by Crippen LogP contribution is -2.34. The number of anilines is 1. The van der Waals surface area contributed by atoms with Crippen molar-refractivity contribution in [3.05, 3.63) is 23.5 Å². The van der Waals surface area contributed by atoms with Crippen LogP contribution in [0.4, 0.5) is 10.1 Å². The van der Waals surface area contributed by atoms with Crippen molar-refractivity contribution in [2.45, 2.75) is 25.7 Å². The Kier molecular flexibility index (Phi) is 5.91. The van der Waals surface area contributed by atoms with Gasteiger partial charge in [0.05, 0.1) is 17.2 Å². The molecule has 7 heteroatoms. The monoisotopic (exact) mass is 304 g/mol. The molecule has 0 fully saturated rings. The first kappa shape index (κ1) is 16.9. The van der Waals surface area contributed by atoms with Crippen LogP contribution in [-0.4, -0.2) is 39.0 Å². The van der Waals surface area contributed by atoms with E-state index >= 15 is 0 Å². The maximum atomic E-state index is 13.3. The predicted molar refractivity (Wildman–Crippen MR) is 76.5 cm³/mol. The van der Waals surface area contributed by atoms with E-state index in [2.05, 4.69) is 0 Å². The Balaban J connectivity index is 3.11. The van der Waals surface area contributed by atoms with Crippen LogP contribution in [0.2, 0.25) is 0 Å². The average molecular weight is 304 g/mol. The first-order valence-corrected chi connectivity index (χ1v) is 7.92. The predicted octanol–water partition coefficient (Wildman–Crippen LogP) is 1.76. The van der Waals surface area contributed by atoms with Crippen molar-refractivity contribution in [3.63, 3.8) is 0 Å². The molecule has 1 aromatic carbocycles. The zero-order valence-electron chi connectivity index (χ0n) is 12.0. The summed E-state index contributed by atoms with van der Waals surface area (Å²) < 4.78 is 44.9. The summed E-state index contributed by atoms with van der Waals surface area (Å²) in [5.74, 6) is -0.612. The third-order valence-electron chi connectivity index (χ3n) is 2.95. The molecule has 0 aromatic heterocycles. The van der Waals surface area contributed by atoms with Crippen LogP contribution in [0.3, 0.4) is 0 Å². The lowest BCUT2D eigenvalue weighted by atomic mass is 10.2. The second-order valence-corrected chi connectivity index (χ2v) is 6.24. The van der Waals surface area contributed by atoms with Gasteiger partial charge in [0.15, 0.2) is 0 Å². The van der Waals surface area contributed by atoms with Gasteiger partial charge in [-0.15, -0.1) is 0 Å². The van der Waals surface area contributed by atoms with E-state index in [0.717, 1.165) is 6.07 Å². The van der Waals surface area contributed by atoms with Crippen molar-refractivity contribution in [2.24, 2.45) is 0 Å². The smallest absolute Gasteiger partial charge is 0.243 e. The first-order chi connectivity index (χ1) is 9.34. The van der Waals surface area contributed by atoms with E-state index < -0.39 is 15.8 Å². The summed E-state index contributed by atoms with van der Waals surface area (Å²) in [4.78, 5) is 0.0368. The molecule has 0 saturated heterocycles. The number of sulfonamides is 1. The number of nitrogen functional groups attached to an aromatic ring is 1. The summed E-state index contributed by atoms with van der Waals surface area (Å²) in [5, 5.41) is 0. The quantitative estimate of drug-likeness (QED) is 0.615. The molecule has 0 aliphatic heterocycles. The summed E-state index contributed by atoms with van der Waals surface area (Å²) in [5.41, 5.74) is 5.63. The first-order valence-electron chi connectivity index (χ1n) is 6.48. The van der Waals surface area contributed by atoms with Crippen molar-refractivity contribution >= 4 is 15.7 Å². The van der Waals surface area contributed by atoms with E-state index in [-0.39, 0.29) is 17.1 Å². The molecule has 20 heavy (non-hydrogen) atoms. The van der Waals surface area contributed by atoms with Crippen LogP contribution in [0.15, 0.2) is 17.0 Å². The molecule has 0 atom stereocenters. The number of hydrogen-bond acceptors (Lipinski definition) is 4. The molecular formula is C13H21FN2O3S. The van der Waals surface area contributed by atoms with Gasteiger partial charge in [-0.2, -0.15) is 4.31 Å².